The van der Waals surface area contributed by atoms with Gasteiger partial charge in [-0.25, -0.2) is 13.1 Å². The van der Waals surface area contributed by atoms with Crippen molar-refractivity contribution in [1.82, 2.24) is 4.72 Å². The number of anilines is 1. The van der Waals surface area contributed by atoms with E-state index in [-0.39, 0.29) is 0 Å². The Morgan fingerprint density at radius 1 is 1.32 bits per heavy atom. The fourth-order valence-corrected chi connectivity index (χ4v) is 2.18. The molecule has 1 aromatic carbocycles. The van der Waals surface area contributed by atoms with E-state index < -0.39 is 16.1 Å². The van der Waals surface area contributed by atoms with Crippen molar-refractivity contribution < 1.29 is 13.5 Å². The van der Waals surface area contributed by atoms with Crippen molar-refractivity contribution in [2.75, 3.05) is 30.8 Å². The van der Waals surface area contributed by atoms with Crippen LogP contribution in [-0.2, 0) is 10.0 Å². The van der Waals surface area contributed by atoms with Gasteiger partial charge in [-0.1, -0.05) is 25.1 Å². The van der Waals surface area contributed by atoms with E-state index in [0.29, 0.717) is 26.1 Å². The number of rotatable bonds is 8. The molecule has 5 nitrogen and oxygen atoms in total. The summed E-state index contributed by atoms with van der Waals surface area (Å²) in [5, 5.41) is 9.77. The zero-order valence-electron chi connectivity index (χ0n) is 11.4. The van der Waals surface area contributed by atoms with Gasteiger partial charge in [-0.2, -0.15) is 0 Å². The Hall–Kier alpha value is -1.11. The molecule has 0 saturated heterocycles. The molecule has 0 spiro atoms. The second-order valence-electron chi connectivity index (χ2n) is 4.51. The fraction of sp³-hybridized carbons (Fsp3) is 0.538. The predicted molar refractivity (Wildman–Crippen MR) is 77.8 cm³/mol. The normalized spacial score (nSPS) is 13.2. The molecule has 0 fully saturated rings. The van der Waals surface area contributed by atoms with Gasteiger partial charge in [-0.15, -0.1) is 0 Å². The first-order chi connectivity index (χ1) is 8.92. The molecule has 0 aromatic heterocycles. The molecule has 1 atom stereocenters. The van der Waals surface area contributed by atoms with Crippen molar-refractivity contribution >= 4 is 15.7 Å². The Morgan fingerprint density at radius 2 is 1.95 bits per heavy atom. The number of hydrogen-bond acceptors (Lipinski definition) is 4. The molecule has 0 heterocycles. The van der Waals surface area contributed by atoms with Crippen LogP contribution < -0.4 is 9.62 Å². The van der Waals surface area contributed by atoms with Crippen molar-refractivity contribution in [2.24, 2.45) is 0 Å². The average molecular weight is 286 g/mol. The molecule has 6 heteroatoms. The summed E-state index contributed by atoms with van der Waals surface area (Å²) in [5.74, 6) is 0. The fourth-order valence-electron chi connectivity index (χ4n) is 1.71. The van der Waals surface area contributed by atoms with Crippen LogP contribution in [0.5, 0.6) is 0 Å². The average Bonchev–Trinajstić information content (AvgIpc) is 2.37. The number of nitrogens with one attached hydrogen (secondary N) is 1. The number of benzene rings is 1. The van der Waals surface area contributed by atoms with Gasteiger partial charge in [0.2, 0.25) is 10.0 Å². The Bertz CT molecular complexity index is 462. The Balaban J connectivity index is 2.65. The number of hydrogen-bond donors (Lipinski definition) is 2. The summed E-state index contributed by atoms with van der Waals surface area (Å²) >= 11 is 0. The van der Waals surface area contributed by atoms with Crippen LogP contribution >= 0.6 is 0 Å². The lowest BCUT2D eigenvalue weighted by Gasteiger charge is -2.27. The number of nitrogens with zero attached hydrogens (tertiary/aromatic N) is 1. The van der Waals surface area contributed by atoms with Gasteiger partial charge >= 0.3 is 0 Å². The predicted octanol–water partition coefficient (Wildman–Crippen LogP) is 0.813. The van der Waals surface area contributed by atoms with Crippen molar-refractivity contribution in [3.8, 4) is 0 Å². The molecule has 1 rings (SSSR count). The maximum atomic E-state index is 11.0. The highest BCUT2D eigenvalue weighted by Crippen LogP contribution is 2.13. The summed E-state index contributed by atoms with van der Waals surface area (Å²) in [7, 11) is -3.18. The lowest BCUT2D eigenvalue weighted by molar-refractivity contribution is 0.175. The van der Waals surface area contributed by atoms with Gasteiger partial charge in [0, 0.05) is 25.3 Å². The van der Waals surface area contributed by atoms with Crippen LogP contribution in [0, 0.1) is 0 Å². The zero-order chi connectivity index (χ0) is 14.3. The third-order valence-electron chi connectivity index (χ3n) is 2.77. The summed E-state index contributed by atoms with van der Waals surface area (Å²) in [6.45, 7) is 3.26. The molecule has 0 saturated carbocycles. The highest BCUT2D eigenvalue weighted by molar-refractivity contribution is 7.88. The monoisotopic (exact) mass is 286 g/mol. The molecule has 0 aliphatic carbocycles. The van der Waals surface area contributed by atoms with Gasteiger partial charge in [0.1, 0.15) is 0 Å². The van der Waals surface area contributed by atoms with Crippen LogP contribution in [0.3, 0.4) is 0 Å². The minimum absolute atomic E-state index is 0.324. The largest absolute Gasteiger partial charge is 0.391 e. The maximum Gasteiger partial charge on any atom is 0.208 e. The molecular formula is C13H22N2O3S. The molecular weight excluding hydrogens is 264 g/mol. The van der Waals surface area contributed by atoms with Gasteiger partial charge in [-0.3, -0.25) is 0 Å². The number of para-hydroxylation sites is 1. The van der Waals surface area contributed by atoms with Gasteiger partial charge in [0.25, 0.3) is 0 Å². The van der Waals surface area contributed by atoms with E-state index in [1.165, 1.54) is 0 Å². The molecule has 1 aromatic rings. The van der Waals surface area contributed by atoms with Crippen LogP contribution in [0.4, 0.5) is 5.69 Å². The number of sulfonamides is 1. The molecule has 108 valence electrons. The number of aliphatic hydroxyl groups is 1. The van der Waals surface area contributed by atoms with Crippen LogP contribution in [0.25, 0.3) is 0 Å². The lowest BCUT2D eigenvalue weighted by Crippen LogP contribution is -2.38. The van der Waals surface area contributed by atoms with E-state index in [9.17, 15) is 13.5 Å². The molecule has 19 heavy (non-hydrogen) atoms. The quantitative estimate of drug-likeness (QED) is 0.742. The van der Waals surface area contributed by atoms with Crippen molar-refractivity contribution in [3.05, 3.63) is 30.3 Å². The topological polar surface area (TPSA) is 69.6 Å². The first-order valence-electron chi connectivity index (χ1n) is 6.35. The van der Waals surface area contributed by atoms with E-state index in [4.69, 9.17) is 0 Å². The van der Waals surface area contributed by atoms with E-state index in [1.807, 2.05) is 42.2 Å². The maximum absolute atomic E-state index is 11.0. The van der Waals surface area contributed by atoms with Crippen molar-refractivity contribution in [3.63, 3.8) is 0 Å². The molecule has 2 N–H and O–H groups in total. The first-order valence-corrected chi connectivity index (χ1v) is 8.24. The molecule has 1 unspecified atom stereocenters. The van der Waals surface area contributed by atoms with Crippen LogP contribution in [0.15, 0.2) is 30.3 Å². The summed E-state index contributed by atoms with van der Waals surface area (Å²) in [5.41, 5.74) is 0.977. The smallest absolute Gasteiger partial charge is 0.208 e. The molecule has 0 aliphatic rings. The molecule has 0 amide bonds. The third-order valence-corrected chi connectivity index (χ3v) is 3.50. The SMILES string of the molecule is CCC(O)CN(CCNS(C)(=O)=O)c1ccccc1. The second-order valence-corrected chi connectivity index (χ2v) is 6.34. The first kappa shape index (κ1) is 15.9. The summed E-state index contributed by atoms with van der Waals surface area (Å²) in [4.78, 5) is 1.98. The van der Waals surface area contributed by atoms with Crippen LogP contribution in [0.2, 0.25) is 0 Å². The molecule has 0 bridgehead atoms. The minimum atomic E-state index is -3.18. The Kier molecular flexibility index (Phi) is 6.27. The highest BCUT2D eigenvalue weighted by Gasteiger charge is 2.11. The van der Waals surface area contributed by atoms with Gasteiger partial charge in [0.05, 0.1) is 12.4 Å². The second kappa shape index (κ2) is 7.47. The van der Waals surface area contributed by atoms with Gasteiger partial charge < -0.3 is 10.0 Å². The van der Waals surface area contributed by atoms with Crippen molar-refractivity contribution in [1.29, 1.82) is 0 Å². The lowest BCUT2D eigenvalue weighted by atomic mass is 10.2. The van der Waals surface area contributed by atoms with E-state index in [2.05, 4.69) is 4.72 Å². The summed E-state index contributed by atoms with van der Waals surface area (Å²) < 4.78 is 24.6. The van der Waals surface area contributed by atoms with Crippen molar-refractivity contribution in [2.45, 2.75) is 19.4 Å². The van der Waals surface area contributed by atoms with E-state index >= 15 is 0 Å². The zero-order valence-corrected chi connectivity index (χ0v) is 12.2. The summed E-state index contributed by atoms with van der Waals surface area (Å²) in [6.07, 6.45) is 1.39. The Labute approximate surface area is 115 Å². The van der Waals surface area contributed by atoms with Gasteiger partial charge in [-0.05, 0) is 18.6 Å². The van der Waals surface area contributed by atoms with Crippen LogP contribution in [-0.4, -0.2) is 45.5 Å². The number of aliphatic hydroxyl groups excluding tert-OH is 1. The van der Waals surface area contributed by atoms with Crippen LogP contribution in [0.1, 0.15) is 13.3 Å². The van der Waals surface area contributed by atoms with E-state index in [1.54, 1.807) is 0 Å². The standard InChI is InChI=1S/C13H22N2O3S/c1-3-13(16)11-15(10-9-14-19(2,17)18)12-7-5-4-6-8-12/h4-8,13-14,16H,3,9-11H2,1-2H3. The molecule has 0 aliphatic heterocycles. The van der Waals surface area contributed by atoms with E-state index in [0.717, 1.165) is 11.9 Å². The highest BCUT2D eigenvalue weighted by atomic mass is 32.2. The summed E-state index contributed by atoms with van der Waals surface area (Å²) in [6, 6.07) is 9.66. The third kappa shape index (κ3) is 6.56. The minimum Gasteiger partial charge on any atom is -0.391 e. The van der Waals surface area contributed by atoms with Gasteiger partial charge in [0.15, 0.2) is 0 Å². The Morgan fingerprint density at radius 3 is 2.47 bits per heavy atom. The molecule has 0 radical (unpaired) electrons.